The fraction of sp³-hybridized carbons (Fsp3) is 0.471. The molecule has 1 aliphatic heterocycles. The Labute approximate surface area is 126 Å². The predicted molar refractivity (Wildman–Crippen MR) is 88.4 cm³/mol. The van der Waals surface area contributed by atoms with Crippen LogP contribution in [0.25, 0.3) is 5.69 Å². The lowest BCUT2D eigenvalue weighted by Gasteiger charge is -2.28. The second-order valence-corrected chi connectivity index (χ2v) is 5.61. The van der Waals surface area contributed by atoms with Gasteiger partial charge in [-0.2, -0.15) is 0 Å². The van der Waals surface area contributed by atoms with Crippen LogP contribution in [0, 0.1) is 0 Å². The summed E-state index contributed by atoms with van der Waals surface area (Å²) in [6, 6.07) is 8.82. The number of anilines is 2. The lowest BCUT2D eigenvalue weighted by molar-refractivity contribution is 0.578. The van der Waals surface area contributed by atoms with E-state index in [4.69, 9.17) is 0 Å². The molecule has 1 aliphatic rings. The van der Waals surface area contributed by atoms with E-state index in [1.165, 1.54) is 38.0 Å². The summed E-state index contributed by atoms with van der Waals surface area (Å²) >= 11 is 0. The molecule has 1 fully saturated rings. The highest BCUT2D eigenvalue weighted by Gasteiger charge is 2.11. The number of piperidine rings is 1. The van der Waals surface area contributed by atoms with E-state index in [0.717, 1.165) is 24.6 Å². The van der Waals surface area contributed by atoms with Crippen molar-refractivity contribution in [1.29, 1.82) is 0 Å². The van der Waals surface area contributed by atoms with Crippen molar-refractivity contribution >= 4 is 11.6 Å². The van der Waals surface area contributed by atoms with E-state index in [0.29, 0.717) is 0 Å². The van der Waals surface area contributed by atoms with Crippen LogP contribution < -0.4 is 10.2 Å². The molecule has 0 atom stereocenters. The van der Waals surface area contributed by atoms with Crippen LogP contribution in [0.2, 0.25) is 0 Å². The molecular formula is C17H24N4. The summed E-state index contributed by atoms with van der Waals surface area (Å²) in [5.41, 5.74) is 2.49. The first-order valence-electron chi connectivity index (χ1n) is 8.01. The fourth-order valence-corrected chi connectivity index (χ4v) is 2.86. The van der Waals surface area contributed by atoms with E-state index < -0.39 is 0 Å². The minimum Gasteiger partial charge on any atom is -0.372 e. The van der Waals surface area contributed by atoms with Crippen LogP contribution in [0.15, 0.2) is 36.7 Å². The van der Waals surface area contributed by atoms with Gasteiger partial charge < -0.3 is 10.2 Å². The predicted octanol–water partition coefficient (Wildman–Crippen LogP) is 3.68. The van der Waals surface area contributed by atoms with Gasteiger partial charge in [-0.05, 0) is 49.9 Å². The first-order valence-corrected chi connectivity index (χ1v) is 8.01. The summed E-state index contributed by atoms with van der Waals surface area (Å²) in [6.45, 7) is 5.48. The first-order chi connectivity index (χ1) is 10.4. The summed E-state index contributed by atoms with van der Waals surface area (Å²) < 4.78 is 2.11. The minimum atomic E-state index is 0.919. The molecule has 1 aromatic heterocycles. The van der Waals surface area contributed by atoms with Crippen molar-refractivity contribution in [2.24, 2.45) is 0 Å². The maximum Gasteiger partial charge on any atom is 0.207 e. The van der Waals surface area contributed by atoms with Crippen molar-refractivity contribution in [3.05, 3.63) is 36.7 Å². The molecule has 0 saturated carbocycles. The molecule has 3 rings (SSSR count). The number of nitrogens with one attached hydrogen (secondary N) is 1. The van der Waals surface area contributed by atoms with Gasteiger partial charge in [-0.25, -0.2) is 4.98 Å². The maximum atomic E-state index is 4.38. The molecular weight excluding hydrogens is 260 g/mol. The fourth-order valence-electron chi connectivity index (χ4n) is 2.86. The molecule has 2 aromatic rings. The Morgan fingerprint density at radius 2 is 1.76 bits per heavy atom. The van der Waals surface area contributed by atoms with E-state index in [1.807, 2.05) is 12.4 Å². The normalized spacial score (nSPS) is 15.2. The molecule has 21 heavy (non-hydrogen) atoms. The highest BCUT2D eigenvalue weighted by atomic mass is 15.2. The van der Waals surface area contributed by atoms with E-state index in [1.54, 1.807) is 0 Å². The molecule has 0 aliphatic carbocycles. The van der Waals surface area contributed by atoms with Crippen LogP contribution >= 0.6 is 0 Å². The van der Waals surface area contributed by atoms with Crippen LogP contribution in [-0.2, 0) is 0 Å². The Morgan fingerprint density at radius 1 is 1.05 bits per heavy atom. The monoisotopic (exact) mass is 284 g/mol. The molecule has 4 heteroatoms. The van der Waals surface area contributed by atoms with Gasteiger partial charge in [0.05, 0.1) is 0 Å². The molecule has 1 saturated heterocycles. The van der Waals surface area contributed by atoms with Crippen LogP contribution in [0.4, 0.5) is 11.6 Å². The quantitative estimate of drug-likeness (QED) is 0.909. The Balaban J connectivity index is 1.76. The Kier molecular flexibility index (Phi) is 4.43. The van der Waals surface area contributed by atoms with Gasteiger partial charge >= 0.3 is 0 Å². The van der Waals surface area contributed by atoms with Crippen molar-refractivity contribution in [2.75, 3.05) is 29.9 Å². The molecule has 1 N–H and O–H groups in total. The topological polar surface area (TPSA) is 33.1 Å². The molecule has 0 unspecified atom stereocenters. The van der Waals surface area contributed by atoms with Crippen molar-refractivity contribution in [2.45, 2.75) is 32.6 Å². The third-order valence-electron chi connectivity index (χ3n) is 4.02. The number of hydrogen-bond acceptors (Lipinski definition) is 3. The highest BCUT2D eigenvalue weighted by Crippen LogP contribution is 2.22. The Hall–Kier alpha value is -1.97. The summed E-state index contributed by atoms with van der Waals surface area (Å²) in [5.74, 6) is 0.919. The smallest absolute Gasteiger partial charge is 0.207 e. The average Bonchev–Trinajstić information content (AvgIpc) is 3.02. The summed E-state index contributed by atoms with van der Waals surface area (Å²) in [4.78, 5) is 6.87. The molecule has 0 radical (unpaired) electrons. The third kappa shape index (κ3) is 3.20. The van der Waals surface area contributed by atoms with Crippen molar-refractivity contribution < 1.29 is 0 Å². The lowest BCUT2D eigenvalue weighted by atomic mass is 10.1. The van der Waals surface area contributed by atoms with Gasteiger partial charge in [0, 0.05) is 43.4 Å². The van der Waals surface area contributed by atoms with E-state index in [-0.39, 0.29) is 0 Å². The molecule has 0 spiro atoms. The third-order valence-corrected chi connectivity index (χ3v) is 4.02. The number of rotatable bonds is 5. The zero-order valence-electron chi connectivity index (χ0n) is 12.8. The SMILES string of the molecule is CCCNc1nccn1-c1ccc(N2CCCCC2)cc1. The van der Waals surface area contributed by atoms with E-state index in [9.17, 15) is 0 Å². The molecule has 4 nitrogen and oxygen atoms in total. The van der Waals surface area contributed by atoms with Gasteiger partial charge in [-0.1, -0.05) is 6.92 Å². The van der Waals surface area contributed by atoms with Gasteiger partial charge in [0.15, 0.2) is 0 Å². The lowest BCUT2D eigenvalue weighted by Crippen LogP contribution is -2.29. The van der Waals surface area contributed by atoms with E-state index in [2.05, 4.69) is 51.0 Å². The standard InChI is InChI=1S/C17H24N4/c1-2-10-18-17-19-11-14-21(17)16-8-6-15(7-9-16)20-12-4-3-5-13-20/h6-9,11,14H,2-5,10,12-13H2,1H3,(H,18,19). The maximum absolute atomic E-state index is 4.38. The van der Waals surface area contributed by atoms with Gasteiger partial charge in [-0.15, -0.1) is 0 Å². The second kappa shape index (κ2) is 6.66. The van der Waals surface area contributed by atoms with Crippen LogP contribution in [0.3, 0.4) is 0 Å². The summed E-state index contributed by atoms with van der Waals surface area (Å²) in [7, 11) is 0. The number of aromatic nitrogens is 2. The average molecular weight is 284 g/mol. The molecule has 1 aromatic carbocycles. The van der Waals surface area contributed by atoms with Gasteiger partial charge in [0.1, 0.15) is 0 Å². The number of hydrogen-bond donors (Lipinski definition) is 1. The Bertz CT molecular complexity index is 552. The van der Waals surface area contributed by atoms with Crippen LogP contribution in [0.1, 0.15) is 32.6 Å². The highest BCUT2D eigenvalue weighted by molar-refractivity contribution is 5.53. The van der Waals surface area contributed by atoms with Crippen molar-refractivity contribution in [1.82, 2.24) is 9.55 Å². The van der Waals surface area contributed by atoms with E-state index >= 15 is 0 Å². The van der Waals surface area contributed by atoms with Gasteiger partial charge in [0.25, 0.3) is 0 Å². The van der Waals surface area contributed by atoms with Crippen LogP contribution in [0.5, 0.6) is 0 Å². The molecule has 0 amide bonds. The second-order valence-electron chi connectivity index (χ2n) is 5.61. The number of nitrogens with zero attached hydrogens (tertiary/aromatic N) is 3. The van der Waals surface area contributed by atoms with Crippen molar-refractivity contribution in [3.8, 4) is 5.69 Å². The van der Waals surface area contributed by atoms with Crippen LogP contribution in [-0.4, -0.2) is 29.2 Å². The molecule has 112 valence electrons. The molecule has 2 heterocycles. The summed E-state index contributed by atoms with van der Waals surface area (Å²) in [5, 5.41) is 3.36. The zero-order valence-corrected chi connectivity index (χ0v) is 12.8. The minimum absolute atomic E-state index is 0.919. The Morgan fingerprint density at radius 3 is 2.48 bits per heavy atom. The van der Waals surface area contributed by atoms with Gasteiger partial charge in [0.2, 0.25) is 5.95 Å². The van der Waals surface area contributed by atoms with Gasteiger partial charge in [-0.3, -0.25) is 4.57 Å². The number of imidazole rings is 1. The largest absolute Gasteiger partial charge is 0.372 e. The summed E-state index contributed by atoms with van der Waals surface area (Å²) in [6.07, 6.45) is 8.95. The zero-order chi connectivity index (χ0) is 14.5. The first kappa shape index (κ1) is 14.0. The molecule has 0 bridgehead atoms. The van der Waals surface area contributed by atoms with Crippen molar-refractivity contribution in [3.63, 3.8) is 0 Å². The number of benzene rings is 1.